The van der Waals surface area contributed by atoms with Crippen molar-refractivity contribution in [2.24, 2.45) is 0 Å². The summed E-state index contributed by atoms with van der Waals surface area (Å²) in [5.41, 5.74) is 0.921. The van der Waals surface area contributed by atoms with Gasteiger partial charge in [-0.05, 0) is 50.2 Å². The average Bonchev–Trinajstić information content (AvgIpc) is 3.42. The predicted molar refractivity (Wildman–Crippen MR) is 137 cm³/mol. The number of rotatable bonds is 7. The van der Waals surface area contributed by atoms with Gasteiger partial charge in [-0.3, -0.25) is 0 Å². The Hall–Kier alpha value is -4.05. The van der Waals surface area contributed by atoms with Crippen LogP contribution in [-0.4, -0.2) is 61.0 Å². The molecule has 39 heavy (non-hydrogen) atoms. The van der Waals surface area contributed by atoms with Gasteiger partial charge >= 0.3 is 17.9 Å². The van der Waals surface area contributed by atoms with Crippen molar-refractivity contribution in [3.05, 3.63) is 108 Å². The van der Waals surface area contributed by atoms with Crippen LogP contribution in [0.15, 0.2) is 91.0 Å². The highest BCUT2D eigenvalue weighted by atomic mass is 16.9. The smallest absolute Gasteiger partial charge is 0.338 e. The number of benzene rings is 3. The molecule has 2 fully saturated rings. The maximum atomic E-state index is 13.2. The second-order valence-corrected chi connectivity index (χ2v) is 9.65. The van der Waals surface area contributed by atoms with E-state index in [0.29, 0.717) is 5.56 Å². The van der Waals surface area contributed by atoms with Gasteiger partial charge in [-0.15, -0.1) is 0 Å². The molecular weight excluding hydrogens is 504 g/mol. The van der Waals surface area contributed by atoms with E-state index in [1.165, 1.54) is 0 Å². The summed E-state index contributed by atoms with van der Waals surface area (Å²) < 4.78 is 35.5. The van der Waals surface area contributed by atoms with E-state index in [9.17, 15) is 14.4 Å². The zero-order valence-electron chi connectivity index (χ0n) is 21.5. The summed E-state index contributed by atoms with van der Waals surface area (Å²) in [6, 6.07) is 25.2. The topological polar surface area (TPSA) is 107 Å². The van der Waals surface area contributed by atoms with Crippen molar-refractivity contribution in [1.82, 2.24) is 0 Å². The molecule has 2 heterocycles. The van der Waals surface area contributed by atoms with Crippen molar-refractivity contribution in [3.8, 4) is 0 Å². The van der Waals surface area contributed by atoms with E-state index in [4.69, 9.17) is 28.4 Å². The van der Waals surface area contributed by atoms with E-state index in [-0.39, 0.29) is 24.3 Å². The van der Waals surface area contributed by atoms with Crippen LogP contribution in [0.4, 0.5) is 0 Å². The summed E-state index contributed by atoms with van der Waals surface area (Å²) in [6.07, 6.45) is -3.46. The van der Waals surface area contributed by atoms with Crippen LogP contribution in [0.5, 0.6) is 0 Å². The minimum Gasteiger partial charge on any atom is -0.459 e. The largest absolute Gasteiger partial charge is 0.459 e. The molecule has 2 saturated heterocycles. The third-order valence-electron chi connectivity index (χ3n) is 6.37. The summed E-state index contributed by atoms with van der Waals surface area (Å²) in [4.78, 5) is 39.0. The van der Waals surface area contributed by atoms with Crippen LogP contribution in [0.25, 0.3) is 0 Å². The van der Waals surface area contributed by atoms with Crippen molar-refractivity contribution in [1.29, 1.82) is 0 Å². The molecule has 0 radical (unpaired) electrons. The molecule has 0 N–H and O–H groups in total. The first-order valence-corrected chi connectivity index (χ1v) is 12.5. The van der Waals surface area contributed by atoms with E-state index in [0.717, 1.165) is 0 Å². The number of hydrogen-bond acceptors (Lipinski definition) is 9. The molecule has 0 unspecified atom stereocenters. The highest BCUT2D eigenvalue weighted by Crippen LogP contribution is 2.44. The molecule has 0 amide bonds. The van der Waals surface area contributed by atoms with Gasteiger partial charge in [-0.2, -0.15) is 0 Å². The Labute approximate surface area is 225 Å². The minimum atomic E-state index is -1.61. The lowest BCUT2D eigenvalue weighted by molar-refractivity contribution is -0.269. The van der Waals surface area contributed by atoms with Gasteiger partial charge in [0.15, 0.2) is 18.0 Å². The maximum Gasteiger partial charge on any atom is 0.338 e. The zero-order chi connectivity index (χ0) is 27.5. The van der Waals surface area contributed by atoms with Crippen LogP contribution >= 0.6 is 0 Å². The monoisotopic (exact) mass is 532 g/mol. The number of esters is 3. The minimum absolute atomic E-state index is 0.116. The predicted octanol–water partition coefficient (Wildman–Crippen LogP) is 4.17. The Balaban J connectivity index is 1.45. The Kier molecular flexibility index (Phi) is 7.47. The quantitative estimate of drug-likeness (QED) is 0.327. The molecule has 1 spiro atoms. The fourth-order valence-corrected chi connectivity index (χ4v) is 4.55. The van der Waals surface area contributed by atoms with Crippen molar-refractivity contribution in [3.63, 3.8) is 0 Å². The van der Waals surface area contributed by atoms with E-state index >= 15 is 0 Å². The molecule has 0 aliphatic carbocycles. The molecule has 9 nitrogen and oxygen atoms in total. The number of carbonyl (C=O) groups excluding carboxylic acids is 3. The van der Waals surface area contributed by atoms with Gasteiger partial charge in [0.25, 0.3) is 0 Å². The Morgan fingerprint density at radius 3 is 1.72 bits per heavy atom. The third kappa shape index (κ3) is 5.85. The van der Waals surface area contributed by atoms with Crippen LogP contribution in [-0.2, 0) is 28.4 Å². The standard InChI is InChI=1S/C30H28O9/c1-29(2)35-19-30(39-29)25(37-28(33)22-16-10-5-11-17-22)24(36-27(32)21-14-8-4-9-15-21)23(38-30)18-34-26(31)20-12-6-3-7-13-20/h3-17,23-25H,18-19H2,1-2H3/t23-,24-,25+,30+/m1/s1. The van der Waals surface area contributed by atoms with Gasteiger partial charge in [-0.1, -0.05) is 54.6 Å². The lowest BCUT2D eigenvalue weighted by Gasteiger charge is -2.30. The maximum absolute atomic E-state index is 13.2. The van der Waals surface area contributed by atoms with E-state index in [1.807, 2.05) is 0 Å². The third-order valence-corrected chi connectivity index (χ3v) is 6.37. The SMILES string of the molecule is CC1(C)OC[C@]2(O[C@H](COC(=O)c3ccccc3)[C@@H](OC(=O)c3ccccc3)[C@@H]2OC(=O)c2ccccc2)O1. The van der Waals surface area contributed by atoms with Crippen molar-refractivity contribution in [2.75, 3.05) is 13.2 Å². The molecule has 4 atom stereocenters. The fraction of sp³-hybridized carbons (Fsp3) is 0.300. The number of carbonyl (C=O) groups is 3. The molecule has 3 aromatic carbocycles. The van der Waals surface area contributed by atoms with Crippen LogP contribution < -0.4 is 0 Å². The van der Waals surface area contributed by atoms with E-state index < -0.39 is 47.8 Å². The molecule has 3 aromatic rings. The molecule has 0 bridgehead atoms. The van der Waals surface area contributed by atoms with Gasteiger partial charge in [0, 0.05) is 0 Å². The summed E-state index contributed by atoms with van der Waals surface area (Å²) in [6.45, 7) is 2.96. The normalized spacial score (nSPS) is 25.2. The second kappa shape index (κ2) is 11.0. The molecule has 0 saturated carbocycles. The molecule has 0 aromatic heterocycles. The summed E-state index contributed by atoms with van der Waals surface area (Å²) in [5, 5.41) is 0. The molecular formula is C30H28O9. The lowest BCUT2D eigenvalue weighted by atomic mass is 10.0. The Morgan fingerprint density at radius 2 is 1.23 bits per heavy atom. The van der Waals surface area contributed by atoms with Crippen molar-refractivity contribution >= 4 is 17.9 Å². The van der Waals surface area contributed by atoms with Gasteiger partial charge in [-0.25, -0.2) is 14.4 Å². The highest BCUT2D eigenvalue weighted by molar-refractivity contribution is 5.91. The molecule has 2 aliphatic rings. The first-order valence-electron chi connectivity index (χ1n) is 12.5. The lowest BCUT2D eigenvalue weighted by Crippen LogP contribution is -2.50. The number of ether oxygens (including phenoxy) is 6. The second-order valence-electron chi connectivity index (χ2n) is 9.65. The van der Waals surface area contributed by atoms with Crippen molar-refractivity contribution in [2.45, 2.75) is 43.7 Å². The van der Waals surface area contributed by atoms with E-state index in [2.05, 4.69) is 0 Å². The molecule has 202 valence electrons. The molecule has 5 rings (SSSR count). The Bertz CT molecular complexity index is 1310. The van der Waals surface area contributed by atoms with Crippen LogP contribution in [0.3, 0.4) is 0 Å². The summed E-state index contributed by atoms with van der Waals surface area (Å²) in [5.74, 6) is -4.62. The van der Waals surface area contributed by atoms with Gasteiger partial charge in [0.05, 0.1) is 16.7 Å². The van der Waals surface area contributed by atoms with Crippen LogP contribution in [0.1, 0.15) is 44.9 Å². The first kappa shape index (κ1) is 26.6. The zero-order valence-corrected chi connectivity index (χ0v) is 21.5. The average molecular weight is 533 g/mol. The fourth-order valence-electron chi connectivity index (χ4n) is 4.55. The summed E-state index contributed by atoms with van der Waals surface area (Å²) >= 11 is 0. The van der Waals surface area contributed by atoms with Gasteiger partial charge in [0.1, 0.15) is 19.3 Å². The highest BCUT2D eigenvalue weighted by Gasteiger charge is 2.65. The molecule has 9 heteroatoms. The van der Waals surface area contributed by atoms with Crippen LogP contribution in [0, 0.1) is 0 Å². The van der Waals surface area contributed by atoms with Crippen LogP contribution in [0.2, 0.25) is 0 Å². The Morgan fingerprint density at radius 1 is 0.744 bits per heavy atom. The van der Waals surface area contributed by atoms with E-state index in [1.54, 1.807) is 105 Å². The van der Waals surface area contributed by atoms with Gasteiger partial charge < -0.3 is 28.4 Å². The van der Waals surface area contributed by atoms with Crippen molar-refractivity contribution < 1.29 is 42.8 Å². The summed E-state index contributed by atoms with van der Waals surface area (Å²) in [7, 11) is 0. The number of hydrogen-bond donors (Lipinski definition) is 0. The molecule has 2 aliphatic heterocycles. The van der Waals surface area contributed by atoms with Gasteiger partial charge in [0.2, 0.25) is 5.79 Å². The first-order chi connectivity index (χ1) is 18.8.